The molecule has 0 spiro atoms. The van der Waals surface area contributed by atoms with Gasteiger partial charge in [0, 0.05) is 23.6 Å². The van der Waals surface area contributed by atoms with Crippen LogP contribution in [-0.4, -0.2) is 16.9 Å². The van der Waals surface area contributed by atoms with Crippen LogP contribution in [0.25, 0.3) is 0 Å². The summed E-state index contributed by atoms with van der Waals surface area (Å²) < 4.78 is 5.31. The Hall–Kier alpha value is -3.47. The van der Waals surface area contributed by atoms with Gasteiger partial charge in [-0.25, -0.2) is 0 Å². The highest BCUT2D eigenvalue weighted by Gasteiger charge is 2.08. The summed E-state index contributed by atoms with van der Waals surface area (Å²) in [7, 11) is 0. The molecule has 0 aliphatic heterocycles. The second kappa shape index (κ2) is 8.58. The molecule has 3 aromatic rings. The number of aromatic nitrogens is 1. The van der Waals surface area contributed by atoms with Gasteiger partial charge in [-0.3, -0.25) is 14.6 Å². The Bertz CT molecular complexity index is 863. The molecule has 0 atom stereocenters. The van der Waals surface area contributed by atoms with Crippen molar-refractivity contribution in [2.45, 2.75) is 12.8 Å². The zero-order valence-corrected chi connectivity index (χ0v) is 14.1. The van der Waals surface area contributed by atoms with Crippen molar-refractivity contribution in [1.82, 2.24) is 4.98 Å². The second-order valence-electron chi connectivity index (χ2n) is 5.68. The molecule has 2 aromatic carbocycles. The number of anilines is 1. The summed E-state index contributed by atoms with van der Waals surface area (Å²) in [6.07, 6.45) is 4.29. The molecule has 0 fully saturated rings. The summed E-state index contributed by atoms with van der Waals surface area (Å²) in [5, 5.41) is 2.80. The highest BCUT2D eigenvalue weighted by Crippen LogP contribution is 2.17. The summed E-state index contributed by atoms with van der Waals surface area (Å²) in [6, 6.07) is 19.4. The molecule has 0 bridgehead atoms. The monoisotopic (exact) mass is 346 g/mol. The maximum absolute atomic E-state index is 12.1. The molecule has 130 valence electrons. The summed E-state index contributed by atoms with van der Waals surface area (Å²) in [5.41, 5.74) is 2.20. The van der Waals surface area contributed by atoms with Crippen molar-refractivity contribution in [2.24, 2.45) is 0 Å². The molecule has 26 heavy (non-hydrogen) atoms. The molecule has 0 saturated heterocycles. The fraction of sp³-hybridized carbons (Fsp3) is 0.0952. The van der Waals surface area contributed by atoms with E-state index in [4.69, 9.17) is 4.74 Å². The molecule has 1 heterocycles. The Balaban J connectivity index is 1.51. The van der Waals surface area contributed by atoms with Gasteiger partial charge in [-0.2, -0.15) is 0 Å². The summed E-state index contributed by atoms with van der Waals surface area (Å²) >= 11 is 0. The SMILES string of the molecule is O=C(CCc1cccnc1)Oc1ccc(NC(=O)c2ccccc2)cc1. The zero-order valence-electron chi connectivity index (χ0n) is 14.1. The number of ether oxygens (including phenoxy) is 1. The first-order chi connectivity index (χ1) is 12.7. The van der Waals surface area contributed by atoms with Crippen LogP contribution in [-0.2, 0) is 11.2 Å². The van der Waals surface area contributed by atoms with Crippen molar-refractivity contribution >= 4 is 17.6 Å². The van der Waals surface area contributed by atoms with E-state index in [1.807, 2.05) is 30.3 Å². The molecule has 5 heteroatoms. The number of nitrogens with one attached hydrogen (secondary N) is 1. The van der Waals surface area contributed by atoms with E-state index in [2.05, 4.69) is 10.3 Å². The molecule has 0 aliphatic rings. The second-order valence-corrected chi connectivity index (χ2v) is 5.68. The standard InChI is InChI=1S/C21H18N2O3/c24-20(13-8-16-5-4-14-22-15-16)26-19-11-9-18(10-12-19)23-21(25)17-6-2-1-3-7-17/h1-7,9-12,14-15H,8,13H2,(H,23,25). The number of hydrogen-bond donors (Lipinski definition) is 1. The van der Waals surface area contributed by atoms with E-state index in [0.717, 1.165) is 5.56 Å². The maximum atomic E-state index is 12.1. The first kappa shape index (κ1) is 17.4. The number of pyridine rings is 1. The number of esters is 1. The zero-order chi connectivity index (χ0) is 18.2. The number of aryl methyl sites for hydroxylation is 1. The van der Waals surface area contributed by atoms with Crippen LogP contribution in [0.1, 0.15) is 22.3 Å². The van der Waals surface area contributed by atoms with Gasteiger partial charge in [0.25, 0.3) is 5.91 Å². The van der Waals surface area contributed by atoms with Crippen LogP contribution in [0.2, 0.25) is 0 Å². The number of nitrogens with zero attached hydrogens (tertiary/aromatic N) is 1. The van der Waals surface area contributed by atoms with E-state index in [9.17, 15) is 9.59 Å². The smallest absolute Gasteiger partial charge is 0.311 e. The third kappa shape index (κ3) is 5.01. The topological polar surface area (TPSA) is 68.3 Å². The van der Waals surface area contributed by atoms with Crippen molar-refractivity contribution < 1.29 is 14.3 Å². The number of carbonyl (C=O) groups excluding carboxylic acids is 2. The van der Waals surface area contributed by atoms with E-state index in [0.29, 0.717) is 23.4 Å². The van der Waals surface area contributed by atoms with Crippen molar-refractivity contribution in [1.29, 1.82) is 0 Å². The van der Waals surface area contributed by atoms with Gasteiger partial charge in [-0.15, -0.1) is 0 Å². The fourth-order valence-corrected chi connectivity index (χ4v) is 2.37. The molecule has 1 amide bonds. The number of carbonyl (C=O) groups is 2. The highest BCUT2D eigenvalue weighted by atomic mass is 16.5. The van der Waals surface area contributed by atoms with Crippen LogP contribution in [0.5, 0.6) is 5.75 Å². The van der Waals surface area contributed by atoms with E-state index in [1.165, 1.54) is 0 Å². The fourth-order valence-electron chi connectivity index (χ4n) is 2.37. The van der Waals surface area contributed by atoms with Crippen molar-refractivity contribution in [3.63, 3.8) is 0 Å². The first-order valence-corrected chi connectivity index (χ1v) is 8.27. The van der Waals surface area contributed by atoms with Crippen LogP contribution in [0, 0.1) is 0 Å². The van der Waals surface area contributed by atoms with Crippen molar-refractivity contribution in [3.05, 3.63) is 90.3 Å². The van der Waals surface area contributed by atoms with Gasteiger partial charge in [0.15, 0.2) is 0 Å². The number of amides is 1. The lowest BCUT2D eigenvalue weighted by Crippen LogP contribution is -2.12. The Labute approximate surface area is 151 Å². The third-order valence-electron chi connectivity index (χ3n) is 3.72. The van der Waals surface area contributed by atoms with Crippen molar-refractivity contribution in [3.8, 4) is 5.75 Å². The quantitative estimate of drug-likeness (QED) is 0.543. The van der Waals surface area contributed by atoms with Crippen LogP contribution >= 0.6 is 0 Å². The minimum absolute atomic E-state index is 0.188. The summed E-state index contributed by atoms with van der Waals surface area (Å²) in [6.45, 7) is 0. The molecule has 0 radical (unpaired) electrons. The Morgan fingerprint density at radius 1 is 0.923 bits per heavy atom. The van der Waals surface area contributed by atoms with Gasteiger partial charge in [0.05, 0.1) is 6.42 Å². The van der Waals surface area contributed by atoms with Gasteiger partial charge in [-0.1, -0.05) is 24.3 Å². The Kier molecular flexibility index (Phi) is 5.72. The van der Waals surface area contributed by atoms with Crippen LogP contribution in [0.3, 0.4) is 0 Å². The van der Waals surface area contributed by atoms with Crippen LogP contribution in [0.4, 0.5) is 5.69 Å². The number of rotatable bonds is 6. The molecule has 3 rings (SSSR count). The van der Waals surface area contributed by atoms with Gasteiger partial charge < -0.3 is 10.1 Å². The highest BCUT2D eigenvalue weighted by molar-refractivity contribution is 6.04. The Morgan fingerprint density at radius 3 is 2.38 bits per heavy atom. The lowest BCUT2D eigenvalue weighted by molar-refractivity contribution is -0.134. The molecule has 0 saturated carbocycles. The first-order valence-electron chi connectivity index (χ1n) is 8.27. The normalized spacial score (nSPS) is 10.2. The molecular formula is C21H18N2O3. The number of benzene rings is 2. The van der Waals surface area contributed by atoms with Crippen LogP contribution in [0.15, 0.2) is 79.1 Å². The molecule has 1 aromatic heterocycles. The maximum Gasteiger partial charge on any atom is 0.311 e. The molecular weight excluding hydrogens is 328 g/mol. The lowest BCUT2D eigenvalue weighted by Gasteiger charge is -2.07. The predicted octanol–water partition coefficient (Wildman–Crippen LogP) is 3.87. The molecule has 0 unspecified atom stereocenters. The van der Waals surface area contributed by atoms with E-state index in [1.54, 1.807) is 48.8 Å². The van der Waals surface area contributed by atoms with Gasteiger partial charge in [0.1, 0.15) is 5.75 Å². The summed E-state index contributed by atoms with van der Waals surface area (Å²) in [5.74, 6) is -0.0550. The molecule has 1 N–H and O–H groups in total. The summed E-state index contributed by atoms with van der Waals surface area (Å²) in [4.78, 5) is 28.0. The predicted molar refractivity (Wildman–Crippen MR) is 99.0 cm³/mol. The molecule has 0 aliphatic carbocycles. The largest absolute Gasteiger partial charge is 0.427 e. The number of hydrogen-bond acceptors (Lipinski definition) is 4. The van der Waals surface area contributed by atoms with E-state index >= 15 is 0 Å². The average molecular weight is 346 g/mol. The van der Waals surface area contributed by atoms with E-state index < -0.39 is 0 Å². The van der Waals surface area contributed by atoms with Gasteiger partial charge in [-0.05, 0) is 54.4 Å². The van der Waals surface area contributed by atoms with Gasteiger partial charge in [0.2, 0.25) is 0 Å². The average Bonchev–Trinajstić information content (AvgIpc) is 2.69. The Morgan fingerprint density at radius 2 is 1.69 bits per heavy atom. The van der Waals surface area contributed by atoms with E-state index in [-0.39, 0.29) is 18.3 Å². The molecule has 5 nitrogen and oxygen atoms in total. The van der Waals surface area contributed by atoms with Gasteiger partial charge >= 0.3 is 5.97 Å². The van der Waals surface area contributed by atoms with Crippen LogP contribution < -0.4 is 10.1 Å². The van der Waals surface area contributed by atoms with Crippen molar-refractivity contribution in [2.75, 3.05) is 5.32 Å². The third-order valence-corrected chi connectivity index (χ3v) is 3.72. The minimum atomic E-state index is -0.310. The minimum Gasteiger partial charge on any atom is -0.427 e. The lowest BCUT2D eigenvalue weighted by atomic mass is 10.1.